The number of benzene rings is 2. The van der Waals surface area contributed by atoms with Crippen molar-refractivity contribution >= 4 is 11.7 Å². The van der Waals surface area contributed by atoms with Crippen LogP contribution in [0.25, 0.3) is 0 Å². The fourth-order valence-electron chi connectivity index (χ4n) is 2.75. The summed E-state index contributed by atoms with van der Waals surface area (Å²) in [5, 5.41) is 11.5. The van der Waals surface area contributed by atoms with Gasteiger partial charge in [-0.15, -0.1) is 10.2 Å². The molecule has 0 saturated heterocycles. The first-order chi connectivity index (χ1) is 13.1. The Hall–Kier alpha value is -3.21. The van der Waals surface area contributed by atoms with E-state index in [2.05, 4.69) is 15.5 Å². The summed E-state index contributed by atoms with van der Waals surface area (Å²) in [6.07, 6.45) is 0. The molecule has 0 atom stereocenters. The largest absolute Gasteiger partial charge is 0.365 e. The lowest BCUT2D eigenvalue weighted by atomic mass is 10.1. The Bertz CT molecular complexity index is 849. The summed E-state index contributed by atoms with van der Waals surface area (Å²) in [6, 6.07) is 23.6. The summed E-state index contributed by atoms with van der Waals surface area (Å²) in [6.45, 7) is 5.22. The van der Waals surface area contributed by atoms with Crippen LogP contribution in [-0.2, 0) is 13.1 Å². The number of aromatic nitrogens is 2. The summed E-state index contributed by atoms with van der Waals surface area (Å²) in [5.41, 5.74) is 2.60. The van der Waals surface area contributed by atoms with Crippen molar-refractivity contribution in [3.05, 3.63) is 89.6 Å². The van der Waals surface area contributed by atoms with Crippen LogP contribution in [-0.4, -0.2) is 27.0 Å². The average Bonchev–Trinajstić information content (AvgIpc) is 2.72. The first kappa shape index (κ1) is 18.6. The van der Waals surface area contributed by atoms with Crippen molar-refractivity contribution in [3.63, 3.8) is 0 Å². The van der Waals surface area contributed by atoms with Gasteiger partial charge >= 0.3 is 0 Å². The van der Waals surface area contributed by atoms with Crippen LogP contribution in [0.3, 0.4) is 0 Å². The molecule has 0 aliphatic rings. The van der Waals surface area contributed by atoms with Gasteiger partial charge in [0.25, 0.3) is 5.91 Å². The van der Waals surface area contributed by atoms with E-state index in [1.165, 1.54) is 0 Å². The molecule has 5 nitrogen and oxygen atoms in total. The van der Waals surface area contributed by atoms with Gasteiger partial charge < -0.3 is 10.2 Å². The maximum absolute atomic E-state index is 12.9. The molecule has 3 aromatic rings. The molecule has 5 heteroatoms. The van der Waals surface area contributed by atoms with E-state index in [1.807, 2.05) is 74.5 Å². The molecule has 0 bridgehead atoms. The van der Waals surface area contributed by atoms with Gasteiger partial charge in [0, 0.05) is 19.1 Å². The SMILES string of the molecule is CC(C)N(Cc1ccccc1)C(=O)c1ccc(NCc2ccccc2)nn1. The monoisotopic (exact) mass is 360 g/mol. The number of hydrogen-bond acceptors (Lipinski definition) is 4. The van der Waals surface area contributed by atoms with Gasteiger partial charge in [0.15, 0.2) is 5.69 Å². The van der Waals surface area contributed by atoms with Gasteiger partial charge in [0.05, 0.1) is 0 Å². The summed E-state index contributed by atoms with van der Waals surface area (Å²) in [4.78, 5) is 14.7. The van der Waals surface area contributed by atoms with Crippen molar-refractivity contribution < 1.29 is 4.79 Å². The van der Waals surface area contributed by atoms with Crippen molar-refractivity contribution in [1.82, 2.24) is 15.1 Å². The molecule has 138 valence electrons. The molecule has 0 aliphatic carbocycles. The van der Waals surface area contributed by atoms with Crippen molar-refractivity contribution in [3.8, 4) is 0 Å². The first-order valence-corrected chi connectivity index (χ1v) is 9.10. The predicted octanol–water partition coefficient (Wildman–Crippen LogP) is 4.14. The van der Waals surface area contributed by atoms with Gasteiger partial charge in [-0.25, -0.2) is 0 Å². The van der Waals surface area contributed by atoms with Crippen LogP contribution in [0.5, 0.6) is 0 Å². The Morgan fingerprint density at radius 3 is 2.07 bits per heavy atom. The standard InChI is InChI=1S/C22H24N4O/c1-17(2)26(16-19-11-7-4-8-12-19)22(27)20-13-14-21(25-24-20)23-15-18-9-5-3-6-10-18/h3-14,17H,15-16H2,1-2H3,(H,23,25). The van der Waals surface area contributed by atoms with Crippen molar-refractivity contribution in [2.75, 3.05) is 5.32 Å². The van der Waals surface area contributed by atoms with E-state index in [1.54, 1.807) is 17.0 Å². The third-order valence-corrected chi connectivity index (χ3v) is 4.28. The predicted molar refractivity (Wildman–Crippen MR) is 107 cm³/mol. The topological polar surface area (TPSA) is 58.1 Å². The van der Waals surface area contributed by atoms with E-state index in [-0.39, 0.29) is 11.9 Å². The minimum Gasteiger partial charge on any atom is -0.365 e. The normalized spacial score (nSPS) is 10.6. The lowest BCUT2D eigenvalue weighted by Crippen LogP contribution is -2.37. The van der Waals surface area contributed by atoms with Gasteiger partial charge in [-0.1, -0.05) is 60.7 Å². The molecule has 27 heavy (non-hydrogen) atoms. The van der Waals surface area contributed by atoms with Crippen LogP contribution in [0.4, 0.5) is 5.82 Å². The summed E-state index contributed by atoms with van der Waals surface area (Å²) in [5.74, 6) is 0.533. The van der Waals surface area contributed by atoms with E-state index >= 15 is 0 Å². The van der Waals surface area contributed by atoms with E-state index in [9.17, 15) is 4.79 Å². The lowest BCUT2D eigenvalue weighted by Gasteiger charge is -2.26. The van der Waals surface area contributed by atoms with Gasteiger partial charge in [-0.3, -0.25) is 4.79 Å². The molecule has 0 radical (unpaired) electrons. The summed E-state index contributed by atoms with van der Waals surface area (Å²) < 4.78 is 0. The summed E-state index contributed by atoms with van der Waals surface area (Å²) in [7, 11) is 0. The van der Waals surface area contributed by atoms with E-state index in [0.717, 1.165) is 11.1 Å². The Morgan fingerprint density at radius 1 is 0.889 bits per heavy atom. The molecular formula is C22H24N4O. The Kier molecular flexibility index (Phi) is 6.15. The molecule has 0 saturated carbocycles. The second-order valence-electron chi connectivity index (χ2n) is 6.66. The lowest BCUT2D eigenvalue weighted by molar-refractivity contribution is 0.0683. The number of rotatable bonds is 7. The fraction of sp³-hybridized carbons (Fsp3) is 0.227. The van der Waals surface area contributed by atoms with Gasteiger partial charge in [0.2, 0.25) is 0 Å². The highest BCUT2D eigenvalue weighted by molar-refractivity contribution is 5.92. The van der Waals surface area contributed by atoms with E-state index in [4.69, 9.17) is 0 Å². The Balaban J connectivity index is 1.66. The fourth-order valence-corrected chi connectivity index (χ4v) is 2.75. The van der Waals surface area contributed by atoms with Crippen molar-refractivity contribution in [2.45, 2.75) is 33.0 Å². The van der Waals surface area contributed by atoms with Gasteiger partial charge in [-0.2, -0.15) is 0 Å². The minimum absolute atomic E-state index is 0.0652. The zero-order valence-electron chi connectivity index (χ0n) is 15.7. The number of carbonyl (C=O) groups is 1. The molecule has 1 aromatic heterocycles. The molecule has 0 aliphatic heterocycles. The molecule has 1 amide bonds. The van der Waals surface area contributed by atoms with Crippen LogP contribution in [0.15, 0.2) is 72.8 Å². The second-order valence-corrected chi connectivity index (χ2v) is 6.66. The number of nitrogens with zero attached hydrogens (tertiary/aromatic N) is 3. The molecular weight excluding hydrogens is 336 g/mol. The molecule has 0 unspecified atom stereocenters. The Morgan fingerprint density at radius 2 is 1.52 bits per heavy atom. The van der Waals surface area contributed by atoms with Crippen LogP contribution in [0.2, 0.25) is 0 Å². The molecule has 1 heterocycles. The highest BCUT2D eigenvalue weighted by Crippen LogP contribution is 2.13. The number of amides is 1. The Labute approximate surface area is 160 Å². The quantitative estimate of drug-likeness (QED) is 0.688. The first-order valence-electron chi connectivity index (χ1n) is 9.10. The number of anilines is 1. The summed E-state index contributed by atoms with van der Waals surface area (Å²) >= 11 is 0. The number of carbonyl (C=O) groups excluding carboxylic acids is 1. The molecule has 1 N–H and O–H groups in total. The third-order valence-electron chi connectivity index (χ3n) is 4.28. The van der Waals surface area contributed by atoms with Gasteiger partial charge in [0.1, 0.15) is 5.82 Å². The number of hydrogen-bond donors (Lipinski definition) is 1. The van der Waals surface area contributed by atoms with E-state index in [0.29, 0.717) is 24.6 Å². The molecule has 0 fully saturated rings. The molecule has 3 rings (SSSR count). The zero-order valence-corrected chi connectivity index (χ0v) is 15.7. The highest BCUT2D eigenvalue weighted by atomic mass is 16.2. The van der Waals surface area contributed by atoms with Crippen LogP contribution in [0, 0.1) is 0 Å². The van der Waals surface area contributed by atoms with Crippen molar-refractivity contribution in [1.29, 1.82) is 0 Å². The van der Waals surface area contributed by atoms with E-state index < -0.39 is 0 Å². The maximum Gasteiger partial charge on any atom is 0.274 e. The molecule has 2 aromatic carbocycles. The van der Waals surface area contributed by atoms with Crippen molar-refractivity contribution in [2.24, 2.45) is 0 Å². The highest BCUT2D eigenvalue weighted by Gasteiger charge is 2.20. The minimum atomic E-state index is -0.115. The smallest absolute Gasteiger partial charge is 0.274 e. The number of nitrogens with one attached hydrogen (secondary N) is 1. The second kappa shape index (κ2) is 8.94. The zero-order chi connectivity index (χ0) is 19.1. The van der Waals surface area contributed by atoms with Crippen LogP contribution in [0.1, 0.15) is 35.5 Å². The van der Waals surface area contributed by atoms with Crippen LogP contribution >= 0.6 is 0 Å². The third kappa shape index (κ3) is 5.14. The maximum atomic E-state index is 12.9. The van der Waals surface area contributed by atoms with Crippen LogP contribution < -0.4 is 5.32 Å². The van der Waals surface area contributed by atoms with Gasteiger partial charge in [-0.05, 0) is 37.1 Å². The average molecular weight is 360 g/mol. The molecule has 0 spiro atoms.